The number of nitrogens with two attached hydrogens (primary N) is 1. The molecule has 104 valence electrons. The van der Waals surface area contributed by atoms with Crippen LogP contribution in [0.2, 0.25) is 0 Å². The van der Waals surface area contributed by atoms with Gasteiger partial charge in [0.05, 0.1) is 0 Å². The molecule has 19 heavy (non-hydrogen) atoms. The summed E-state index contributed by atoms with van der Waals surface area (Å²) in [5, 5.41) is 0. The smallest absolute Gasteiger partial charge is 0.323 e. The number of hydrogen-bond acceptors (Lipinski definition) is 3. The average Bonchev–Trinajstić information content (AvgIpc) is 2.40. The van der Waals surface area contributed by atoms with Crippen molar-refractivity contribution in [1.29, 1.82) is 0 Å². The van der Waals surface area contributed by atoms with Gasteiger partial charge < -0.3 is 10.5 Å². The standard InChI is InChI=1S/C16H23NO2/c1-12-6-5-9-14(10-12)19-16(18)15(17)11-13-7-3-2-4-8-13/h2-4,7-8,12,14-15H,5-6,9-11,17H2,1H3/t12?,14?,15-/m0/s1. The Hall–Kier alpha value is -1.35. The van der Waals surface area contributed by atoms with E-state index in [9.17, 15) is 4.79 Å². The molecule has 3 atom stereocenters. The number of carbonyl (C=O) groups excluding carboxylic acids is 1. The molecule has 2 N–H and O–H groups in total. The van der Waals surface area contributed by atoms with Crippen molar-refractivity contribution in [2.24, 2.45) is 11.7 Å². The van der Waals surface area contributed by atoms with Crippen molar-refractivity contribution in [3.63, 3.8) is 0 Å². The summed E-state index contributed by atoms with van der Waals surface area (Å²) in [5.74, 6) is 0.389. The summed E-state index contributed by atoms with van der Waals surface area (Å²) in [6, 6.07) is 9.27. The summed E-state index contributed by atoms with van der Waals surface area (Å²) in [6.45, 7) is 2.21. The van der Waals surface area contributed by atoms with E-state index in [2.05, 4.69) is 6.92 Å². The maximum atomic E-state index is 12.0. The molecule has 0 saturated heterocycles. The van der Waals surface area contributed by atoms with Crippen molar-refractivity contribution in [2.75, 3.05) is 0 Å². The zero-order valence-electron chi connectivity index (χ0n) is 11.5. The molecule has 1 fully saturated rings. The minimum absolute atomic E-state index is 0.0677. The Morgan fingerprint density at radius 1 is 1.37 bits per heavy atom. The Morgan fingerprint density at radius 2 is 2.11 bits per heavy atom. The minimum atomic E-state index is -0.556. The summed E-state index contributed by atoms with van der Waals surface area (Å²) >= 11 is 0. The number of benzene rings is 1. The van der Waals surface area contributed by atoms with Crippen molar-refractivity contribution in [2.45, 2.75) is 51.2 Å². The van der Waals surface area contributed by atoms with Crippen molar-refractivity contribution in [1.82, 2.24) is 0 Å². The number of esters is 1. The molecular formula is C16H23NO2. The van der Waals surface area contributed by atoms with Gasteiger partial charge in [0, 0.05) is 0 Å². The molecule has 0 heterocycles. The molecular weight excluding hydrogens is 238 g/mol. The molecule has 1 aromatic carbocycles. The molecule has 1 aliphatic carbocycles. The Morgan fingerprint density at radius 3 is 2.79 bits per heavy atom. The maximum absolute atomic E-state index is 12.0. The molecule has 3 heteroatoms. The molecule has 0 aliphatic heterocycles. The summed E-state index contributed by atoms with van der Waals surface area (Å²) in [5.41, 5.74) is 7.00. The zero-order valence-corrected chi connectivity index (χ0v) is 11.5. The van der Waals surface area contributed by atoms with Crippen LogP contribution in [-0.4, -0.2) is 18.1 Å². The highest BCUT2D eigenvalue weighted by Crippen LogP contribution is 2.26. The third kappa shape index (κ3) is 4.35. The molecule has 0 radical (unpaired) electrons. The average molecular weight is 261 g/mol. The van der Waals surface area contributed by atoms with Gasteiger partial charge in [-0.3, -0.25) is 4.79 Å². The fourth-order valence-corrected chi connectivity index (χ4v) is 2.69. The van der Waals surface area contributed by atoms with Gasteiger partial charge in [0.25, 0.3) is 0 Å². The predicted molar refractivity (Wildman–Crippen MR) is 75.6 cm³/mol. The third-order valence-electron chi connectivity index (χ3n) is 3.77. The molecule has 0 spiro atoms. The highest BCUT2D eigenvalue weighted by atomic mass is 16.5. The third-order valence-corrected chi connectivity index (χ3v) is 3.77. The van der Waals surface area contributed by atoms with Crippen LogP contribution in [0, 0.1) is 5.92 Å². The van der Waals surface area contributed by atoms with E-state index in [4.69, 9.17) is 10.5 Å². The van der Waals surface area contributed by atoms with E-state index >= 15 is 0 Å². The van der Waals surface area contributed by atoms with E-state index in [1.165, 1.54) is 6.42 Å². The van der Waals surface area contributed by atoms with Gasteiger partial charge in [0.1, 0.15) is 12.1 Å². The maximum Gasteiger partial charge on any atom is 0.323 e. The van der Waals surface area contributed by atoms with E-state index in [1.807, 2.05) is 30.3 Å². The molecule has 1 aromatic rings. The SMILES string of the molecule is CC1CCCC(OC(=O)[C@@H](N)Cc2ccccc2)C1. The Balaban J connectivity index is 1.82. The first-order valence-corrected chi connectivity index (χ1v) is 7.15. The largest absolute Gasteiger partial charge is 0.461 e. The zero-order chi connectivity index (χ0) is 13.7. The monoisotopic (exact) mass is 261 g/mol. The van der Waals surface area contributed by atoms with Gasteiger partial charge in [-0.1, -0.05) is 43.7 Å². The quantitative estimate of drug-likeness (QED) is 0.848. The first-order chi connectivity index (χ1) is 9.15. The van der Waals surface area contributed by atoms with Gasteiger partial charge in [-0.25, -0.2) is 0 Å². The molecule has 3 nitrogen and oxygen atoms in total. The highest BCUT2D eigenvalue weighted by Gasteiger charge is 2.24. The molecule has 2 rings (SSSR count). The number of rotatable bonds is 4. The van der Waals surface area contributed by atoms with Crippen LogP contribution in [0.4, 0.5) is 0 Å². The lowest BCUT2D eigenvalue weighted by Gasteiger charge is -2.27. The first kappa shape index (κ1) is 14.1. The summed E-state index contributed by atoms with van der Waals surface area (Å²) < 4.78 is 5.53. The highest BCUT2D eigenvalue weighted by molar-refractivity contribution is 5.76. The van der Waals surface area contributed by atoms with Crippen LogP contribution in [0.1, 0.15) is 38.2 Å². The van der Waals surface area contributed by atoms with Crippen LogP contribution >= 0.6 is 0 Å². The van der Waals surface area contributed by atoms with Gasteiger partial charge in [0.2, 0.25) is 0 Å². The van der Waals surface area contributed by atoms with Crippen LogP contribution in [-0.2, 0) is 16.0 Å². The lowest BCUT2D eigenvalue weighted by atomic mass is 9.88. The van der Waals surface area contributed by atoms with Crippen molar-refractivity contribution < 1.29 is 9.53 Å². The lowest BCUT2D eigenvalue weighted by Crippen LogP contribution is -2.37. The lowest BCUT2D eigenvalue weighted by molar-refractivity contribution is -0.152. The van der Waals surface area contributed by atoms with E-state index in [-0.39, 0.29) is 12.1 Å². The Kier molecular flexibility index (Phi) is 4.97. The van der Waals surface area contributed by atoms with Crippen LogP contribution < -0.4 is 5.73 Å². The van der Waals surface area contributed by atoms with Crippen molar-refractivity contribution in [3.05, 3.63) is 35.9 Å². The molecule has 0 aromatic heterocycles. The summed E-state index contributed by atoms with van der Waals surface area (Å²) in [7, 11) is 0. The Bertz CT molecular complexity index is 404. The second-order valence-electron chi connectivity index (χ2n) is 5.63. The Labute approximate surface area is 115 Å². The summed E-state index contributed by atoms with van der Waals surface area (Å²) in [4.78, 5) is 12.0. The summed E-state index contributed by atoms with van der Waals surface area (Å²) in [6.07, 6.45) is 4.95. The fourth-order valence-electron chi connectivity index (χ4n) is 2.69. The number of carbonyl (C=O) groups is 1. The molecule has 2 unspecified atom stereocenters. The van der Waals surface area contributed by atoms with Crippen LogP contribution in [0.25, 0.3) is 0 Å². The van der Waals surface area contributed by atoms with Crippen LogP contribution in [0.5, 0.6) is 0 Å². The van der Waals surface area contributed by atoms with Gasteiger partial charge in [0.15, 0.2) is 0 Å². The molecule has 0 amide bonds. The first-order valence-electron chi connectivity index (χ1n) is 7.15. The second kappa shape index (κ2) is 6.71. The molecule has 0 bridgehead atoms. The molecule has 1 saturated carbocycles. The fraction of sp³-hybridized carbons (Fsp3) is 0.562. The van der Waals surface area contributed by atoms with Gasteiger partial charge >= 0.3 is 5.97 Å². The topological polar surface area (TPSA) is 52.3 Å². The van der Waals surface area contributed by atoms with E-state index in [0.717, 1.165) is 24.8 Å². The number of ether oxygens (including phenoxy) is 1. The van der Waals surface area contributed by atoms with Gasteiger partial charge in [-0.15, -0.1) is 0 Å². The van der Waals surface area contributed by atoms with Crippen LogP contribution in [0.3, 0.4) is 0 Å². The molecule has 1 aliphatic rings. The second-order valence-corrected chi connectivity index (χ2v) is 5.63. The van der Waals surface area contributed by atoms with E-state index in [0.29, 0.717) is 12.3 Å². The minimum Gasteiger partial charge on any atom is -0.461 e. The number of hydrogen-bond donors (Lipinski definition) is 1. The van der Waals surface area contributed by atoms with Crippen molar-refractivity contribution in [3.8, 4) is 0 Å². The van der Waals surface area contributed by atoms with Gasteiger partial charge in [-0.2, -0.15) is 0 Å². The normalized spacial score (nSPS) is 24.7. The van der Waals surface area contributed by atoms with Crippen LogP contribution in [0.15, 0.2) is 30.3 Å². The van der Waals surface area contributed by atoms with E-state index in [1.54, 1.807) is 0 Å². The van der Waals surface area contributed by atoms with Gasteiger partial charge in [-0.05, 0) is 37.2 Å². The van der Waals surface area contributed by atoms with Crippen molar-refractivity contribution >= 4 is 5.97 Å². The predicted octanol–water partition coefficient (Wildman–Crippen LogP) is 2.68. The van der Waals surface area contributed by atoms with E-state index < -0.39 is 6.04 Å².